The minimum atomic E-state index is -1.09. The van der Waals surface area contributed by atoms with E-state index in [9.17, 15) is 10.2 Å². The third-order valence-corrected chi connectivity index (χ3v) is 11.3. The zero-order chi connectivity index (χ0) is 28.1. The van der Waals surface area contributed by atoms with Crippen LogP contribution in [0.4, 0.5) is 0 Å². The van der Waals surface area contributed by atoms with Gasteiger partial charge in [-0.2, -0.15) is 0 Å². The molecule has 10 atom stereocenters. The van der Waals surface area contributed by atoms with Crippen LogP contribution in [0, 0.1) is 28.6 Å². The van der Waals surface area contributed by atoms with Crippen molar-refractivity contribution >= 4 is 0 Å². The first-order valence-electron chi connectivity index (χ1n) is 14.6. The molecule has 1 saturated heterocycles. The number of hydrogen-bond donors (Lipinski definition) is 2. The molecule has 1 heterocycles. The Balaban J connectivity index is 1.63. The van der Waals surface area contributed by atoms with Gasteiger partial charge in [0.1, 0.15) is 20.4 Å². The molecule has 0 aromatic rings. The van der Waals surface area contributed by atoms with Gasteiger partial charge in [-0.1, -0.05) is 6.92 Å². The third-order valence-electron chi connectivity index (χ3n) is 11.3. The van der Waals surface area contributed by atoms with Gasteiger partial charge in [-0.05, 0) is 57.8 Å². The van der Waals surface area contributed by atoms with E-state index in [0.29, 0.717) is 32.3 Å². The maximum absolute atomic E-state index is 12.7. The fourth-order valence-corrected chi connectivity index (χ4v) is 9.69. The molecule has 5 rings (SSSR count). The lowest BCUT2D eigenvalue weighted by atomic mass is 9.40. The van der Waals surface area contributed by atoms with Crippen LogP contribution < -0.4 is 0 Å². The third kappa shape index (κ3) is 4.53. The predicted octanol–water partition coefficient (Wildman–Crippen LogP) is 2.83. The molecule has 226 valence electrons. The van der Waals surface area contributed by atoms with Gasteiger partial charge in [0.15, 0.2) is 5.79 Å². The highest BCUT2D eigenvalue weighted by Crippen LogP contribution is 2.72. The van der Waals surface area contributed by atoms with Crippen LogP contribution in [0.1, 0.15) is 65.7 Å². The fraction of sp³-hybridized carbons (Fsp3) is 1.00. The second-order valence-corrected chi connectivity index (χ2v) is 13.3. The molecule has 2 N–H and O–H groups in total. The molecule has 1 aliphatic heterocycles. The highest BCUT2D eigenvalue weighted by atomic mass is 16.7. The SMILES string of the molecule is COCO[C@H]1C[C@H]2OC(C)(C)OC[C@]23C2C(CC[C@]3(O)C1)[C@@]1(OCOC)CC[C@H](CO)[C@@]1(C)C[C@@H]2OCOC. The van der Waals surface area contributed by atoms with Crippen molar-refractivity contribution in [1.82, 2.24) is 0 Å². The van der Waals surface area contributed by atoms with E-state index in [0.717, 1.165) is 19.3 Å². The molecule has 5 fully saturated rings. The number of rotatable bonds is 10. The van der Waals surface area contributed by atoms with Gasteiger partial charge >= 0.3 is 0 Å². The van der Waals surface area contributed by atoms with Gasteiger partial charge in [-0.15, -0.1) is 0 Å². The minimum absolute atomic E-state index is 0.0393. The van der Waals surface area contributed by atoms with Gasteiger partial charge in [0.25, 0.3) is 0 Å². The summed E-state index contributed by atoms with van der Waals surface area (Å²) in [6.07, 6.45) is 4.02. The smallest absolute Gasteiger partial charge is 0.163 e. The highest BCUT2D eigenvalue weighted by molar-refractivity contribution is 5.25. The number of methoxy groups -OCH3 is 3. The second kappa shape index (κ2) is 11.0. The number of hydrogen-bond acceptors (Lipinski definition) is 10. The van der Waals surface area contributed by atoms with Gasteiger partial charge < -0.3 is 48.1 Å². The molecule has 1 spiro atoms. The first kappa shape index (κ1) is 30.1. The first-order chi connectivity index (χ1) is 18.6. The van der Waals surface area contributed by atoms with Crippen LogP contribution in [-0.2, 0) is 37.9 Å². The minimum Gasteiger partial charge on any atom is -0.396 e. The molecule has 0 amide bonds. The molecule has 4 aliphatic carbocycles. The van der Waals surface area contributed by atoms with Gasteiger partial charge in [-0.25, -0.2) is 0 Å². The Morgan fingerprint density at radius 2 is 1.62 bits per heavy atom. The van der Waals surface area contributed by atoms with E-state index in [4.69, 9.17) is 37.9 Å². The average molecular weight is 559 g/mol. The van der Waals surface area contributed by atoms with Crippen LogP contribution in [0.25, 0.3) is 0 Å². The van der Waals surface area contributed by atoms with Gasteiger partial charge in [0.05, 0.1) is 41.5 Å². The van der Waals surface area contributed by atoms with Crippen molar-refractivity contribution in [3.63, 3.8) is 0 Å². The normalized spacial score (nSPS) is 48.6. The van der Waals surface area contributed by atoms with Crippen molar-refractivity contribution in [3.05, 3.63) is 0 Å². The van der Waals surface area contributed by atoms with Crippen molar-refractivity contribution < 1.29 is 48.1 Å². The Hall–Kier alpha value is -0.400. The summed E-state index contributed by atoms with van der Waals surface area (Å²) < 4.78 is 48.6. The van der Waals surface area contributed by atoms with Crippen molar-refractivity contribution in [2.75, 3.05) is 54.9 Å². The summed E-state index contributed by atoms with van der Waals surface area (Å²) in [6, 6.07) is 0. The van der Waals surface area contributed by atoms with E-state index in [2.05, 4.69) is 6.92 Å². The van der Waals surface area contributed by atoms with Crippen LogP contribution in [0.5, 0.6) is 0 Å². The summed E-state index contributed by atoms with van der Waals surface area (Å²) in [4.78, 5) is 0. The van der Waals surface area contributed by atoms with Crippen molar-refractivity contribution in [3.8, 4) is 0 Å². The zero-order valence-electron chi connectivity index (χ0n) is 24.6. The van der Waals surface area contributed by atoms with E-state index >= 15 is 0 Å². The molecule has 2 unspecified atom stereocenters. The Kier molecular flexibility index (Phi) is 8.50. The molecule has 4 saturated carbocycles. The van der Waals surface area contributed by atoms with E-state index in [1.165, 1.54) is 0 Å². The molecule has 0 bridgehead atoms. The molecule has 5 aliphatic rings. The quantitative estimate of drug-likeness (QED) is 0.388. The maximum atomic E-state index is 12.7. The topological polar surface area (TPSA) is 114 Å². The van der Waals surface area contributed by atoms with Crippen LogP contribution in [0.3, 0.4) is 0 Å². The molecule has 10 nitrogen and oxygen atoms in total. The summed E-state index contributed by atoms with van der Waals surface area (Å²) in [5.41, 5.74) is -2.70. The number of aliphatic hydroxyl groups is 2. The number of aliphatic hydroxyl groups excluding tert-OH is 1. The number of ether oxygens (including phenoxy) is 8. The van der Waals surface area contributed by atoms with Crippen LogP contribution in [0.2, 0.25) is 0 Å². The molecule has 0 radical (unpaired) electrons. The largest absolute Gasteiger partial charge is 0.396 e. The molecular weight excluding hydrogens is 508 g/mol. The molecule has 10 heteroatoms. The lowest BCUT2D eigenvalue weighted by molar-refractivity contribution is -0.409. The number of fused-ring (bicyclic) bond motifs is 3. The lowest BCUT2D eigenvalue weighted by Gasteiger charge is -2.71. The van der Waals surface area contributed by atoms with E-state index < -0.39 is 22.4 Å². The second-order valence-electron chi connectivity index (χ2n) is 13.3. The molecule has 0 aromatic heterocycles. The van der Waals surface area contributed by atoms with E-state index in [1.807, 2.05) is 13.8 Å². The fourth-order valence-electron chi connectivity index (χ4n) is 9.69. The Morgan fingerprint density at radius 3 is 2.31 bits per heavy atom. The lowest BCUT2D eigenvalue weighted by Crippen LogP contribution is -2.78. The summed E-state index contributed by atoms with van der Waals surface area (Å²) >= 11 is 0. The maximum Gasteiger partial charge on any atom is 0.163 e. The Labute approximate surface area is 232 Å². The summed E-state index contributed by atoms with van der Waals surface area (Å²) in [5, 5.41) is 23.2. The van der Waals surface area contributed by atoms with Crippen molar-refractivity contribution in [2.45, 2.75) is 101 Å². The first-order valence-corrected chi connectivity index (χ1v) is 14.6. The monoisotopic (exact) mass is 558 g/mol. The Morgan fingerprint density at radius 1 is 0.897 bits per heavy atom. The molecular formula is C29H50O10. The van der Waals surface area contributed by atoms with Crippen LogP contribution >= 0.6 is 0 Å². The standard InChI is InChI=1S/C29H50O10/c1-25(2)37-15-28-23(39-25)11-20(35-16-32-4)12-27(28,31)9-8-21-24(28)22(36-17-33-5)13-26(3)19(14-30)7-10-29(21,26)38-18-34-6/h19-24,30-31H,7-18H2,1-6H3/t19-,20+,21?,22+,23-,24?,26-,27+,28-,29+/m1/s1. The predicted molar refractivity (Wildman–Crippen MR) is 139 cm³/mol. The van der Waals surface area contributed by atoms with Crippen LogP contribution in [-0.4, -0.2) is 100 Å². The van der Waals surface area contributed by atoms with E-state index in [1.54, 1.807) is 21.3 Å². The van der Waals surface area contributed by atoms with E-state index in [-0.39, 0.29) is 68.5 Å². The molecule has 39 heavy (non-hydrogen) atoms. The zero-order valence-corrected chi connectivity index (χ0v) is 24.6. The Bertz CT molecular complexity index is 856. The van der Waals surface area contributed by atoms with Crippen LogP contribution in [0.15, 0.2) is 0 Å². The summed E-state index contributed by atoms with van der Waals surface area (Å²) in [6.45, 7) is 7.05. The van der Waals surface area contributed by atoms with Crippen molar-refractivity contribution in [2.24, 2.45) is 28.6 Å². The van der Waals surface area contributed by atoms with Gasteiger partial charge in [0, 0.05) is 52.1 Å². The molecule has 0 aromatic carbocycles. The summed E-state index contributed by atoms with van der Waals surface area (Å²) in [5.74, 6) is -0.803. The highest BCUT2D eigenvalue weighted by Gasteiger charge is 2.77. The summed E-state index contributed by atoms with van der Waals surface area (Å²) in [7, 11) is 4.89. The van der Waals surface area contributed by atoms with Gasteiger partial charge in [0.2, 0.25) is 0 Å². The van der Waals surface area contributed by atoms with Gasteiger partial charge in [-0.3, -0.25) is 0 Å². The van der Waals surface area contributed by atoms with Crippen molar-refractivity contribution in [1.29, 1.82) is 0 Å². The average Bonchev–Trinajstić information content (AvgIpc) is 3.19.